The number of amides is 3. The number of hydrogen-bond donors (Lipinski definition) is 6. The molecule has 270 valence electrons. The summed E-state index contributed by atoms with van der Waals surface area (Å²) in [7, 11) is 1.55. The van der Waals surface area contributed by atoms with Crippen LogP contribution in [-0.4, -0.2) is 83.6 Å². The summed E-state index contributed by atoms with van der Waals surface area (Å²) in [5, 5.41) is 11.0. The van der Waals surface area contributed by atoms with Crippen LogP contribution in [0.15, 0.2) is 99.6 Å². The van der Waals surface area contributed by atoms with Crippen molar-refractivity contribution in [3.63, 3.8) is 0 Å². The Kier molecular flexibility index (Phi) is 14.8. The highest BCUT2D eigenvalue weighted by molar-refractivity contribution is 8.03. The van der Waals surface area contributed by atoms with Crippen molar-refractivity contribution < 1.29 is 14.4 Å². The number of aryl methyl sites for hydroxylation is 1. The summed E-state index contributed by atoms with van der Waals surface area (Å²) in [5.74, 6) is -1.32. The number of nitrogens with two attached hydrogens (primary N) is 2. The van der Waals surface area contributed by atoms with E-state index in [1.807, 2.05) is 37.3 Å². The minimum Gasteiger partial charge on any atom is -0.358 e. The number of nitrogens with one attached hydrogen (secondary N) is 4. The predicted octanol–water partition coefficient (Wildman–Crippen LogP) is 3.58. The highest BCUT2D eigenvalue weighted by Crippen LogP contribution is 2.36. The van der Waals surface area contributed by atoms with E-state index in [9.17, 15) is 14.4 Å². The molecule has 3 atom stereocenters. The van der Waals surface area contributed by atoms with Crippen LogP contribution in [0.2, 0.25) is 0 Å². The van der Waals surface area contributed by atoms with Crippen LogP contribution in [0.4, 0.5) is 0 Å². The summed E-state index contributed by atoms with van der Waals surface area (Å²) < 4.78 is 0. The smallest absolute Gasteiger partial charge is 0.246 e. The second-order valence-electron chi connectivity index (χ2n) is 12.0. The number of allylic oxidation sites excluding steroid dienone is 3. The van der Waals surface area contributed by atoms with Gasteiger partial charge in [0.2, 0.25) is 17.7 Å². The Morgan fingerprint density at radius 2 is 1.92 bits per heavy atom. The van der Waals surface area contributed by atoms with E-state index in [1.54, 1.807) is 31.5 Å². The number of benzene rings is 1. The first-order valence-corrected chi connectivity index (χ1v) is 17.8. The quantitative estimate of drug-likeness (QED) is 0.181. The number of pyridine rings is 1. The monoisotopic (exact) mass is 731 g/mol. The van der Waals surface area contributed by atoms with Crippen LogP contribution in [0.5, 0.6) is 0 Å². The zero-order valence-electron chi connectivity index (χ0n) is 29.0. The molecule has 1 aliphatic rings. The van der Waals surface area contributed by atoms with E-state index in [2.05, 4.69) is 44.1 Å². The molecular formula is C37H46ClN9O3S. The van der Waals surface area contributed by atoms with E-state index < -0.39 is 35.8 Å². The zero-order chi connectivity index (χ0) is 36.9. The lowest BCUT2D eigenvalue weighted by Gasteiger charge is -2.31. The predicted molar refractivity (Wildman–Crippen MR) is 206 cm³/mol. The number of fused-ring (bicyclic) bond motifs is 2. The molecular weight excluding hydrogens is 686 g/mol. The maximum atomic E-state index is 14.2. The van der Waals surface area contributed by atoms with Crippen LogP contribution >= 0.6 is 23.4 Å². The number of aromatic amines is 1. The second kappa shape index (κ2) is 19.2. The van der Waals surface area contributed by atoms with Crippen molar-refractivity contribution in [2.45, 2.75) is 55.9 Å². The lowest BCUT2D eigenvalue weighted by Crippen LogP contribution is -2.59. The van der Waals surface area contributed by atoms with E-state index >= 15 is 0 Å². The van der Waals surface area contributed by atoms with Gasteiger partial charge in [-0.2, -0.15) is 0 Å². The number of halogens is 1. The molecule has 3 aromatic rings. The fraction of sp³-hybridized carbons (Fsp3) is 0.324. The molecule has 4 rings (SSSR count). The molecule has 0 fully saturated rings. The van der Waals surface area contributed by atoms with Crippen LogP contribution in [0.25, 0.3) is 10.9 Å². The van der Waals surface area contributed by atoms with Gasteiger partial charge in [0.25, 0.3) is 0 Å². The van der Waals surface area contributed by atoms with Crippen LogP contribution < -0.4 is 27.4 Å². The fourth-order valence-corrected chi connectivity index (χ4v) is 6.96. The van der Waals surface area contributed by atoms with Crippen LogP contribution in [0, 0.1) is 6.92 Å². The number of likely N-dealkylation sites (N-methyl/N-ethyl adjacent to an activating group) is 1. The number of thioether (sulfide) groups is 1. The van der Waals surface area contributed by atoms with Gasteiger partial charge in [-0.15, -0.1) is 0 Å². The number of nitrogens with zero attached hydrogens (tertiary/aromatic N) is 3. The first kappa shape index (κ1) is 39.3. The first-order chi connectivity index (χ1) is 24.6. The van der Waals surface area contributed by atoms with E-state index in [0.29, 0.717) is 39.9 Å². The van der Waals surface area contributed by atoms with Gasteiger partial charge in [-0.1, -0.05) is 66.9 Å². The fourth-order valence-electron chi connectivity index (χ4n) is 5.69. The molecule has 0 spiro atoms. The van der Waals surface area contributed by atoms with Gasteiger partial charge in [-0.3, -0.25) is 19.4 Å². The summed E-state index contributed by atoms with van der Waals surface area (Å²) in [5.41, 5.74) is 15.9. The van der Waals surface area contributed by atoms with Crippen molar-refractivity contribution in [2.75, 3.05) is 26.7 Å². The number of hydrogen-bond acceptors (Lipinski definition) is 9. The number of H-pyrrole nitrogens is 1. The third-order valence-corrected chi connectivity index (χ3v) is 10.2. The Morgan fingerprint density at radius 3 is 2.67 bits per heavy atom. The topological polar surface area (TPSA) is 184 Å². The molecule has 0 saturated carbocycles. The Balaban J connectivity index is 1.80. The minimum atomic E-state index is -1.08. The van der Waals surface area contributed by atoms with Gasteiger partial charge in [-0.05, 0) is 61.2 Å². The largest absolute Gasteiger partial charge is 0.358 e. The van der Waals surface area contributed by atoms with E-state index in [-0.39, 0.29) is 26.1 Å². The first-order valence-electron chi connectivity index (χ1n) is 16.6. The van der Waals surface area contributed by atoms with Crippen molar-refractivity contribution in [2.24, 2.45) is 16.5 Å². The number of carbonyl (C=O) groups excluding carboxylic acids is 3. The molecule has 1 aromatic carbocycles. The zero-order valence-corrected chi connectivity index (χ0v) is 30.5. The van der Waals surface area contributed by atoms with Crippen LogP contribution in [-0.2, 0) is 27.3 Å². The Morgan fingerprint density at radius 1 is 1.14 bits per heavy atom. The normalized spacial score (nSPS) is 21.1. The number of rotatable bonds is 9. The van der Waals surface area contributed by atoms with Crippen molar-refractivity contribution >= 4 is 58.2 Å². The molecule has 14 heteroatoms. The van der Waals surface area contributed by atoms with E-state index in [1.165, 1.54) is 29.1 Å². The summed E-state index contributed by atoms with van der Waals surface area (Å²) in [6.45, 7) is 10.3. The molecule has 0 unspecified atom stereocenters. The molecule has 0 saturated heterocycles. The summed E-state index contributed by atoms with van der Waals surface area (Å²) >= 11 is 8.14. The highest BCUT2D eigenvalue weighted by Gasteiger charge is 2.34. The third-order valence-electron chi connectivity index (χ3n) is 8.51. The van der Waals surface area contributed by atoms with Crippen molar-refractivity contribution in [3.8, 4) is 0 Å². The van der Waals surface area contributed by atoms with E-state index in [4.69, 9.17) is 23.1 Å². The van der Waals surface area contributed by atoms with Gasteiger partial charge in [0.1, 0.15) is 17.1 Å². The molecule has 1 aliphatic heterocycles. The number of carbonyl (C=O) groups is 3. The van der Waals surface area contributed by atoms with Gasteiger partial charge in [0.15, 0.2) is 0 Å². The Labute approximate surface area is 307 Å². The average molecular weight is 732 g/mol. The molecule has 0 bridgehead atoms. The Bertz CT molecular complexity index is 1840. The summed E-state index contributed by atoms with van der Waals surface area (Å²) in [4.78, 5) is 56.0. The van der Waals surface area contributed by atoms with Crippen molar-refractivity contribution in [1.29, 1.82) is 0 Å². The lowest BCUT2D eigenvalue weighted by molar-refractivity contribution is -0.141. The van der Waals surface area contributed by atoms with Gasteiger partial charge >= 0.3 is 0 Å². The van der Waals surface area contributed by atoms with Gasteiger partial charge in [0.05, 0.1) is 11.1 Å². The van der Waals surface area contributed by atoms with Crippen LogP contribution in [0.1, 0.15) is 29.7 Å². The Hall–Kier alpha value is -4.53. The molecule has 0 aliphatic carbocycles. The summed E-state index contributed by atoms with van der Waals surface area (Å²) in [6, 6.07) is 8.74. The number of para-hydroxylation sites is 1. The summed E-state index contributed by atoms with van der Waals surface area (Å²) in [6.07, 6.45) is 9.06. The van der Waals surface area contributed by atoms with Crippen molar-refractivity contribution in [1.82, 2.24) is 30.8 Å². The van der Waals surface area contributed by atoms with Gasteiger partial charge in [0, 0.05) is 73.2 Å². The second-order valence-corrected chi connectivity index (χ2v) is 13.4. The maximum Gasteiger partial charge on any atom is 0.246 e. The molecule has 8 N–H and O–H groups in total. The molecule has 3 heterocycles. The number of aromatic nitrogens is 2. The minimum absolute atomic E-state index is 0.0190. The molecule has 3 amide bonds. The van der Waals surface area contributed by atoms with Crippen molar-refractivity contribution in [3.05, 3.63) is 106 Å². The lowest BCUT2D eigenvalue weighted by atomic mass is 10.00. The maximum absolute atomic E-state index is 14.2. The SMILES string of the molecule is C=CC=N/C=C\C(Cl)=C1\Sc2ncccc2CN[C@@H](CCCN)C(=O)N[C@@H](CN)C(=O)N(C)[C@@H](Cc2c(C)[nH]c3ccccc23)C(=O)NCC1=C. The molecule has 0 radical (unpaired) electrons. The standard InChI is InChI=1S/C37H46ClN9O3S/c1-5-16-41-18-14-28(38)33-23(2)21-44-35(49)32(19-27-24(3)45-29-12-7-6-11-26(27)29)47(4)37(50)31(20-40)46-34(48)30(13-8-15-39)43-22-25-10-9-17-42-36(25)51-33/h5-7,9-12,14,16-18,30-32,43,45H,1-2,8,13,15,19-22,39-40H2,3-4H3,(H,44,49)(H,46,48)/b18-14-,33-28-,41-16?/t30-,31-,32-/m0/s1. The van der Waals surface area contributed by atoms with Gasteiger partial charge in [-0.25, -0.2) is 4.98 Å². The van der Waals surface area contributed by atoms with E-state index in [0.717, 1.165) is 27.7 Å². The average Bonchev–Trinajstić information content (AvgIpc) is 3.45. The number of aliphatic imine (C=N–C) groups is 1. The van der Waals surface area contributed by atoms with Gasteiger partial charge < -0.3 is 37.3 Å². The third kappa shape index (κ3) is 10.3. The van der Waals surface area contributed by atoms with Crippen LogP contribution in [0.3, 0.4) is 0 Å². The highest BCUT2D eigenvalue weighted by atomic mass is 35.5. The molecule has 2 aromatic heterocycles. The molecule has 12 nitrogen and oxygen atoms in total. The molecule has 51 heavy (non-hydrogen) atoms.